The van der Waals surface area contributed by atoms with Crippen LogP contribution in [0.4, 0.5) is 24.8 Å². The lowest BCUT2D eigenvalue weighted by atomic mass is 10.2. The third-order valence-electron chi connectivity index (χ3n) is 5.09. The second-order valence-corrected chi connectivity index (χ2v) is 9.32. The summed E-state index contributed by atoms with van der Waals surface area (Å²) < 4.78 is 42.5. The van der Waals surface area contributed by atoms with E-state index in [0.717, 1.165) is 31.7 Å². The van der Waals surface area contributed by atoms with Crippen LogP contribution >= 0.6 is 22.9 Å². The molecule has 3 heterocycles. The average molecular weight is 505 g/mol. The Morgan fingerprint density at radius 1 is 1.12 bits per heavy atom. The summed E-state index contributed by atoms with van der Waals surface area (Å²) in [7, 11) is 0. The van der Waals surface area contributed by atoms with Gasteiger partial charge in [0.25, 0.3) is 0 Å². The molecule has 0 atom stereocenters. The summed E-state index contributed by atoms with van der Waals surface area (Å²) in [6.45, 7) is 0.776. The first-order chi connectivity index (χ1) is 16.2. The number of imidazole rings is 1. The lowest BCUT2D eigenvalue weighted by Gasteiger charge is -2.16. The Labute approximate surface area is 199 Å². The summed E-state index contributed by atoms with van der Waals surface area (Å²) >= 11 is 7.51. The van der Waals surface area contributed by atoms with Crippen molar-refractivity contribution in [1.82, 2.24) is 24.1 Å². The Kier molecular flexibility index (Phi) is 5.53. The van der Waals surface area contributed by atoms with Crippen molar-refractivity contribution < 1.29 is 13.2 Å². The lowest BCUT2D eigenvalue weighted by Crippen LogP contribution is -2.23. The molecule has 7 nitrogen and oxygen atoms in total. The number of nitrogens with zero attached hydrogens (tertiary/aromatic N) is 5. The van der Waals surface area contributed by atoms with E-state index in [4.69, 9.17) is 11.6 Å². The van der Waals surface area contributed by atoms with Gasteiger partial charge in [-0.2, -0.15) is 18.2 Å². The number of anilines is 2. The maximum absolute atomic E-state index is 13.1. The number of aromatic nitrogens is 5. The van der Waals surface area contributed by atoms with Gasteiger partial charge in [-0.25, -0.2) is 9.97 Å². The monoisotopic (exact) mass is 504 g/mol. The molecule has 3 aromatic heterocycles. The SMILES string of the molecule is Cc1nc2ccc(Nc3nc(=O)c4c(ncn4CC(F)(F)F)n3Cc3ccc(Cl)cc3)cc2s1. The molecule has 0 aliphatic carbocycles. The van der Waals surface area contributed by atoms with Gasteiger partial charge in [-0.1, -0.05) is 23.7 Å². The molecule has 0 saturated heterocycles. The van der Waals surface area contributed by atoms with Crippen LogP contribution in [-0.4, -0.2) is 30.3 Å². The van der Waals surface area contributed by atoms with Crippen molar-refractivity contribution in [2.75, 3.05) is 5.32 Å². The van der Waals surface area contributed by atoms with E-state index in [1.54, 1.807) is 34.9 Å². The molecule has 5 rings (SSSR count). The van der Waals surface area contributed by atoms with Gasteiger partial charge in [-0.15, -0.1) is 11.3 Å². The van der Waals surface area contributed by atoms with Crippen LogP contribution in [0.1, 0.15) is 10.6 Å². The van der Waals surface area contributed by atoms with Crippen LogP contribution in [0, 0.1) is 6.92 Å². The van der Waals surface area contributed by atoms with Crippen molar-refractivity contribution in [2.45, 2.75) is 26.2 Å². The zero-order chi connectivity index (χ0) is 24.0. The van der Waals surface area contributed by atoms with E-state index in [-0.39, 0.29) is 23.7 Å². The molecule has 12 heteroatoms. The minimum Gasteiger partial charge on any atom is -0.325 e. The van der Waals surface area contributed by atoms with Crippen molar-refractivity contribution in [1.29, 1.82) is 0 Å². The molecule has 2 aromatic carbocycles. The number of nitrogens with one attached hydrogen (secondary N) is 1. The minimum atomic E-state index is -4.51. The fourth-order valence-electron chi connectivity index (χ4n) is 3.67. The predicted molar refractivity (Wildman–Crippen MR) is 126 cm³/mol. The molecule has 174 valence electrons. The number of aryl methyl sites for hydroxylation is 1. The van der Waals surface area contributed by atoms with Crippen molar-refractivity contribution in [3.05, 3.63) is 74.7 Å². The van der Waals surface area contributed by atoms with Crippen LogP contribution in [0.25, 0.3) is 21.4 Å². The molecule has 0 spiro atoms. The fraction of sp³-hybridized carbons (Fsp3) is 0.182. The minimum absolute atomic E-state index is 0.0939. The van der Waals surface area contributed by atoms with Crippen LogP contribution in [-0.2, 0) is 13.1 Å². The van der Waals surface area contributed by atoms with Gasteiger partial charge < -0.3 is 9.88 Å². The van der Waals surface area contributed by atoms with Crippen molar-refractivity contribution >= 4 is 56.0 Å². The lowest BCUT2D eigenvalue weighted by molar-refractivity contribution is -0.140. The second kappa shape index (κ2) is 8.41. The molecule has 1 N–H and O–H groups in total. The molecule has 0 aliphatic rings. The van der Waals surface area contributed by atoms with E-state index in [1.165, 1.54) is 11.3 Å². The third kappa shape index (κ3) is 4.48. The van der Waals surface area contributed by atoms with Gasteiger partial charge in [0, 0.05) is 10.7 Å². The highest BCUT2D eigenvalue weighted by Gasteiger charge is 2.30. The molecular weight excluding hydrogens is 489 g/mol. The highest BCUT2D eigenvalue weighted by Crippen LogP contribution is 2.27. The van der Waals surface area contributed by atoms with Crippen LogP contribution in [0.15, 0.2) is 53.6 Å². The normalized spacial score (nSPS) is 12.0. The average Bonchev–Trinajstić information content (AvgIpc) is 3.33. The number of alkyl halides is 3. The second-order valence-electron chi connectivity index (χ2n) is 7.65. The maximum atomic E-state index is 13.1. The Hall–Kier alpha value is -3.44. The Morgan fingerprint density at radius 3 is 2.62 bits per heavy atom. The number of halogens is 4. The Bertz CT molecular complexity index is 1570. The molecule has 34 heavy (non-hydrogen) atoms. The highest BCUT2D eigenvalue weighted by atomic mass is 35.5. The van der Waals surface area contributed by atoms with Crippen molar-refractivity contribution in [3.8, 4) is 0 Å². The van der Waals surface area contributed by atoms with E-state index < -0.39 is 18.3 Å². The number of hydrogen-bond donors (Lipinski definition) is 1. The summed E-state index contributed by atoms with van der Waals surface area (Å²) in [5.41, 5.74) is 1.38. The summed E-state index contributed by atoms with van der Waals surface area (Å²) in [5.74, 6) is 0.158. The summed E-state index contributed by atoms with van der Waals surface area (Å²) in [5, 5.41) is 4.60. The van der Waals surface area contributed by atoms with E-state index in [1.807, 2.05) is 19.1 Å². The summed E-state index contributed by atoms with van der Waals surface area (Å²) in [6.07, 6.45) is -3.50. The molecule has 0 aliphatic heterocycles. The van der Waals surface area contributed by atoms with Gasteiger partial charge >= 0.3 is 11.7 Å². The van der Waals surface area contributed by atoms with Crippen LogP contribution < -0.4 is 10.9 Å². The maximum Gasteiger partial charge on any atom is 0.406 e. The van der Waals surface area contributed by atoms with Crippen LogP contribution in [0.2, 0.25) is 5.02 Å². The first-order valence-electron chi connectivity index (χ1n) is 10.1. The number of benzene rings is 2. The van der Waals surface area contributed by atoms with Crippen LogP contribution in [0.3, 0.4) is 0 Å². The van der Waals surface area contributed by atoms with E-state index in [2.05, 4.69) is 20.3 Å². The fourth-order valence-corrected chi connectivity index (χ4v) is 4.67. The molecule has 0 amide bonds. The van der Waals surface area contributed by atoms with E-state index in [9.17, 15) is 18.0 Å². The van der Waals surface area contributed by atoms with E-state index >= 15 is 0 Å². The zero-order valence-corrected chi connectivity index (χ0v) is 19.2. The van der Waals surface area contributed by atoms with Crippen LogP contribution in [0.5, 0.6) is 0 Å². The quantitative estimate of drug-likeness (QED) is 0.341. The highest BCUT2D eigenvalue weighted by molar-refractivity contribution is 7.18. The Balaban J connectivity index is 1.64. The molecular formula is C22H16ClF3N6OS. The number of thiazole rings is 1. The smallest absolute Gasteiger partial charge is 0.325 e. The molecule has 0 unspecified atom stereocenters. The molecule has 5 aromatic rings. The van der Waals surface area contributed by atoms with Crippen molar-refractivity contribution in [3.63, 3.8) is 0 Å². The predicted octanol–water partition coefficient (Wildman–Crippen LogP) is 5.52. The topological polar surface area (TPSA) is 77.6 Å². The van der Waals surface area contributed by atoms with E-state index in [0.29, 0.717) is 10.7 Å². The molecule has 0 saturated carbocycles. The summed E-state index contributed by atoms with van der Waals surface area (Å²) in [4.78, 5) is 25.5. The molecule has 0 bridgehead atoms. The van der Waals surface area contributed by atoms with Crippen molar-refractivity contribution in [2.24, 2.45) is 0 Å². The molecule has 0 fully saturated rings. The zero-order valence-electron chi connectivity index (χ0n) is 17.6. The largest absolute Gasteiger partial charge is 0.406 e. The summed E-state index contributed by atoms with van der Waals surface area (Å²) in [6, 6.07) is 12.5. The number of rotatable bonds is 5. The van der Waals surface area contributed by atoms with Gasteiger partial charge in [0.2, 0.25) is 5.95 Å². The number of hydrogen-bond acceptors (Lipinski definition) is 6. The van der Waals surface area contributed by atoms with Gasteiger partial charge in [0.1, 0.15) is 6.54 Å². The standard InChI is InChI=1S/C22H16ClF3N6OS/c1-12-28-16-7-6-15(8-17(16)34-12)29-21-30-20(33)18-19(27-11-31(18)10-22(24,25)26)32(21)9-13-2-4-14(23)5-3-13/h2-8,11H,9-10H2,1H3,(H,29,30,33). The first-order valence-corrected chi connectivity index (χ1v) is 11.3. The first kappa shape index (κ1) is 22.4. The molecule has 0 radical (unpaired) electrons. The Morgan fingerprint density at radius 2 is 1.88 bits per heavy atom. The van der Waals surface area contributed by atoms with Gasteiger partial charge in [-0.05, 0) is 42.8 Å². The third-order valence-corrected chi connectivity index (χ3v) is 6.28. The van der Waals surface area contributed by atoms with Gasteiger partial charge in [-0.3, -0.25) is 9.36 Å². The number of fused-ring (bicyclic) bond motifs is 2. The van der Waals surface area contributed by atoms with Gasteiger partial charge in [0.05, 0.1) is 28.1 Å². The van der Waals surface area contributed by atoms with Gasteiger partial charge in [0.15, 0.2) is 11.2 Å².